The van der Waals surface area contributed by atoms with Crippen molar-refractivity contribution in [3.05, 3.63) is 67.0 Å². The molecule has 0 aliphatic heterocycles. The summed E-state index contributed by atoms with van der Waals surface area (Å²) in [5.74, 6) is 1.66. The quantitative estimate of drug-likeness (QED) is 0.402. The number of nitrogens with zero attached hydrogens (tertiary/aromatic N) is 2. The highest BCUT2D eigenvalue weighted by Crippen LogP contribution is 2.42. The molecule has 0 saturated heterocycles. The molecule has 4 heteroatoms. The SMILES string of the molecule is CCCCCNc1ncnc2oc(-c3ccccc3)c(-c3ccccc3)c12. The van der Waals surface area contributed by atoms with Crippen LogP contribution in [-0.2, 0) is 0 Å². The van der Waals surface area contributed by atoms with Crippen molar-refractivity contribution in [1.82, 2.24) is 9.97 Å². The van der Waals surface area contributed by atoms with Gasteiger partial charge in [0.25, 0.3) is 0 Å². The molecule has 0 fully saturated rings. The first-order valence-corrected chi connectivity index (χ1v) is 9.50. The van der Waals surface area contributed by atoms with Crippen LogP contribution in [0.15, 0.2) is 71.4 Å². The third-order valence-corrected chi connectivity index (χ3v) is 4.66. The maximum Gasteiger partial charge on any atom is 0.232 e. The van der Waals surface area contributed by atoms with Crippen LogP contribution in [0.5, 0.6) is 0 Å². The van der Waals surface area contributed by atoms with E-state index in [4.69, 9.17) is 4.42 Å². The van der Waals surface area contributed by atoms with Gasteiger partial charge in [-0.2, -0.15) is 0 Å². The highest BCUT2D eigenvalue weighted by atomic mass is 16.3. The number of unbranched alkanes of at least 4 members (excludes halogenated alkanes) is 2. The Morgan fingerprint density at radius 2 is 1.56 bits per heavy atom. The molecule has 0 saturated carbocycles. The van der Waals surface area contributed by atoms with Crippen LogP contribution in [0.3, 0.4) is 0 Å². The van der Waals surface area contributed by atoms with Gasteiger partial charge >= 0.3 is 0 Å². The van der Waals surface area contributed by atoms with Crippen LogP contribution in [0.1, 0.15) is 26.2 Å². The van der Waals surface area contributed by atoms with Crippen molar-refractivity contribution in [3.63, 3.8) is 0 Å². The number of rotatable bonds is 7. The number of hydrogen-bond acceptors (Lipinski definition) is 4. The molecule has 0 spiro atoms. The number of anilines is 1. The molecule has 0 unspecified atom stereocenters. The number of benzene rings is 2. The fourth-order valence-electron chi connectivity index (χ4n) is 3.32. The summed E-state index contributed by atoms with van der Waals surface area (Å²) in [4.78, 5) is 8.92. The van der Waals surface area contributed by atoms with Gasteiger partial charge < -0.3 is 9.73 Å². The second-order valence-electron chi connectivity index (χ2n) is 6.57. The topological polar surface area (TPSA) is 51.0 Å². The first kappa shape index (κ1) is 17.3. The summed E-state index contributed by atoms with van der Waals surface area (Å²) in [5.41, 5.74) is 3.78. The molecule has 0 atom stereocenters. The summed E-state index contributed by atoms with van der Waals surface area (Å²) in [6.07, 6.45) is 5.08. The van der Waals surface area contributed by atoms with E-state index in [1.54, 1.807) is 6.33 Å². The predicted octanol–water partition coefficient (Wildman–Crippen LogP) is 6.16. The molecular weight excluding hydrogens is 334 g/mol. The largest absolute Gasteiger partial charge is 0.437 e. The van der Waals surface area contributed by atoms with Crippen LogP contribution in [0.4, 0.5) is 5.82 Å². The lowest BCUT2D eigenvalue weighted by Crippen LogP contribution is -2.04. The van der Waals surface area contributed by atoms with Crippen LogP contribution in [0, 0.1) is 0 Å². The minimum absolute atomic E-state index is 0.612. The standard InChI is InChI=1S/C23H23N3O/c1-2-3-10-15-24-22-20-19(17-11-6-4-7-12-17)21(18-13-8-5-9-14-18)27-23(20)26-16-25-22/h4-9,11-14,16H,2-3,10,15H2,1H3,(H,24,25,26). The Balaban J connectivity index is 1.88. The summed E-state index contributed by atoms with van der Waals surface area (Å²) in [6, 6.07) is 20.5. The number of fused-ring (bicyclic) bond motifs is 1. The zero-order valence-corrected chi connectivity index (χ0v) is 15.5. The molecule has 136 valence electrons. The van der Waals surface area contributed by atoms with Crippen LogP contribution in [-0.4, -0.2) is 16.5 Å². The van der Waals surface area contributed by atoms with Crippen molar-refractivity contribution < 1.29 is 4.42 Å². The van der Waals surface area contributed by atoms with Crippen molar-refractivity contribution >= 4 is 16.9 Å². The van der Waals surface area contributed by atoms with Gasteiger partial charge in [0, 0.05) is 17.7 Å². The molecule has 0 aliphatic carbocycles. The second-order valence-corrected chi connectivity index (χ2v) is 6.57. The molecule has 1 N–H and O–H groups in total. The van der Waals surface area contributed by atoms with Crippen LogP contribution in [0.25, 0.3) is 33.6 Å². The van der Waals surface area contributed by atoms with E-state index in [0.29, 0.717) is 5.71 Å². The Morgan fingerprint density at radius 1 is 0.852 bits per heavy atom. The van der Waals surface area contributed by atoms with Gasteiger partial charge in [-0.05, 0) is 12.0 Å². The molecule has 2 heterocycles. The van der Waals surface area contributed by atoms with Crippen LogP contribution in [0.2, 0.25) is 0 Å². The average molecular weight is 357 g/mol. The first-order chi connectivity index (χ1) is 13.4. The van der Waals surface area contributed by atoms with Gasteiger partial charge in [0.15, 0.2) is 0 Å². The Labute approximate surface area is 159 Å². The van der Waals surface area contributed by atoms with E-state index in [1.807, 2.05) is 36.4 Å². The lowest BCUT2D eigenvalue weighted by Gasteiger charge is -2.08. The number of aromatic nitrogens is 2. The molecule has 2 aromatic heterocycles. The molecule has 4 rings (SSSR count). The highest BCUT2D eigenvalue weighted by molar-refractivity contribution is 6.05. The van der Waals surface area contributed by atoms with Gasteiger partial charge in [0.2, 0.25) is 5.71 Å². The van der Waals surface area contributed by atoms with E-state index in [-0.39, 0.29) is 0 Å². The molecule has 4 aromatic rings. The second kappa shape index (κ2) is 8.04. The molecule has 27 heavy (non-hydrogen) atoms. The van der Waals surface area contributed by atoms with Gasteiger partial charge in [-0.3, -0.25) is 0 Å². The molecule has 4 nitrogen and oxygen atoms in total. The Hall–Kier alpha value is -3.14. The van der Waals surface area contributed by atoms with Gasteiger partial charge in [0.05, 0.1) is 5.39 Å². The van der Waals surface area contributed by atoms with E-state index >= 15 is 0 Å². The Morgan fingerprint density at radius 3 is 2.26 bits per heavy atom. The average Bonchev–Trinajstić information content (AvgIpc) is 3.13. The smallest absolute Gasteiger partial charge is 0.232 e. The zero-order valence-electron chi connectivity index (χ0n) is 15.5. The third kappa shape index (κ3) is 3.56. The molecule has 0 bridgehead atoms. The molecule has 0 radical (unpaired) electrons. The van der Waals surface area contributed by atoms with E-state index in [0.717, 1.165) is 46.6 Å². The van der Waals surface area contributed by atoms with Crippen LogP contribution >= 0.6 is 0 Å². The highest BCUT2D eigenvalue weighted by Gasteiger charge is 2.21. The fourth-order valence-corrected chi connectivity index (χ4v) is 3.32. The molecule has 0 aliphatic rings. The van der Waals surface area contributed by atoms with Gasteiger partial charge in [-0.1, -0.05) is 80.4 Å². The Bertz CT molecular complexity index is 1010. The zero-order chi connectivity index (χ0) is 18.5. The summed E-state index contributed by atoms with van der Waals surface area (Å²) in [5, 5.41) is 4.43. The van der Waals surface area contributed by atoms with E-state index in [2.05, 4.69) is 46.5 Å². The maximum absolute atomic E-state index is 6.22. The number of hydrogen-bond donors (Lipinski definition) is 1. The molecular formula is C23H23N3O. The minimum Gasteiger partial charge on any atom is -0.437 e. The van der Waals surface area contributed by atoms with E-state index in [9.17, 15) is 0 Å². The fraction of sp³-hybridized carbons (Fsp3) is 0.217. The van der Waals surface area contributed by atoms with Crippen LogP contribution < -0.4 is 5.32 Å². The van der Waals surface area contributed by atoms with Gasteiger partial charge in [-0.25, -0.2) is 9.97 Å². The third-order valence-electron chi connectivity index (χ3n) is 4.66. The molecule has 0 amide bonds. The van der Waals surface area contributed by atoms with E-state index in [1.165, 1.54) is 12.8 Å². The van der Waals surface area contributed by atoms with Gasteiger partial charge in [-0.15, -0.1) is 0 Å². The van der Waals surface area contributed by atoms with Crippen molar-refractivity contribution in [1.29, 1.82) is 0 Å². The van der Waals surface area contributed by atoms with Crippen molar-refractivity contribution in [2.45, 2.75) is 26.2 Å². The van der Waals surface area contributed by atoms with Crippen molar-refractivity contribution in [3.8, 4) is 22.5 Å². The Kier molecular flexibility index (Phi) is 5.15. The first-order valence-electron chi connectivity index (χ1n) is 9.50. The number of nitrogens with one attached hydrogen (secondary N) is 1. The summed E-state index contributed by atoms with van der Waals surface area (Å²) in [6.45, 7) is 3.10. The monoisotopic (exact) mass is 357 g/mol. The summed E-state index contributed by atoms with van der Waals surface area (Å²) < 4.78 is 6.22. The summed E-state index contributed by atoms with van der Waals surface area (Å²) >= 11 is 0. The maximum atomic E-state index is 6.22. The minimum atomic E-state index is 0.612. The number of furan rings is 1. The van der Waals surface area contributed by atoms with Crippen molar-refractivity contribution in [2.75, 3.05) is 11.9 Å². The molecule has 2 aromatic carbocycles. The summed E-state index contributed by atoms with van der Waals surface area (Å²) in [7, 11) is 0. The lowest BCUT2D eigenvalue weighted by atomic mass is 9.99. The van der Waals surface area contributed by atoms with Crippen molar-refractivity contribution in [2.24, 2.45) is 0 Å². The van der Waals surface area contributed by atoms with Gasteiger partial charge in [0.1, 0.15) is 17.9 Å². The predicted molar refractivity (Wildman–Crippen MR) is 111 cm³/mol. The normalized spacial score (nSPS) is 11.0. The lowest BCUT2D eigenvalue weighted by molar-refractivity contribution is 0.618. The van der Waals surface area contributed by atoms with E-state index < -0.39 is 0 Å².